The maximum absolute atomic E-state index is 12.9. The number of pyridine rings is 1. The standard InChI is InChI=1S/C24H21ClF2N4O3/c1-2-31(10-11-32)22-21(17-5-3-4-16(12-17)14-28)13-18(15-29-22)23(33)30-19-6-8-20(9-7-19)34-24(25,26)27/h3-9,12-13,15,32H,2,10-11H2,1H3,(H,30,33). The van der Waals surface area contributed by atoms with Crippen LogP contribution in [0.5, 0.6) is 5.75 Å². The number of nitrogens with zero attached hydrogens (tertiary/aromatic N) is 3. The second kappa shape index (κ2) is 10.9. The SMILES string of the molecule is CCN(CCO)c1ncc(C(=O)Nc2ccc(OC(F)(F)Cl)cc2)cc1-c1cccc(C#N)c1. The molecule has 1 heterocycles. The number of carbonyl (C=O) groups is 1. The largest absolute Gasteiger partial charge is 0.487 e. The Labute approximate surface area is 200 Å². The minimum atomic E-state index is -3.83. The van der Waals surface area contributed by atoms with Gasteiger partial charge in [0.05, 0.1) is 23.8 Å². The first-order chi connectivity index (χ1) is 16.2. The molecule has 34 heavy (non-hydrogen) atoms. The molecule has 0 spiro atoms. The number of aliphatic hydroxyl groups excluding tert-OH is 1. The van der Waals surface area contributed by atoms with Gasteiger partial charge in [0.2, 0.25) is 0 Å². The zero-order valence-electron chi connectivity index (χ0n) is 18.1. The number of halogens is 3. The Morgan fingerprint density at radius 3 is 2.62 bits per heavy atom. The average molecular weight is 487 g/mol. The quantitative estimate of drug-likeness (QED) is 0.419. The number of rotatable bonds is 9. The number of amides is 1. The molecule has 7 nitrogen and oxygen atoms in total. The van der Waals surface area contributed by atoms with E-state index in [0.717, 1.165) is 0 Å². The molecule has 10 heteroatoms. The number of nitriles is 1. The number of carbonyl (C=O) groups excluding carboxylic acids is 1. The van der Waals surface area contributed by atoms with E-state index in [9.17, 15) is 23.9 Å². The van der Waals surface area contributed by atoms with E-state index in [1.807, 2.05) is 11.8 Å². The van der Waals surface area contributed by atoms with Crippen molar-refractivity contribution in [3.8, 4) is 22.9 Å². The molecule has 1 aromatic heterocycles. The number of aliphatic hydroxyl groups is 1. The summed E-state index contributed by atoms with van der Waals surface area (Å²) in [4.78, 5) is 19.2. The minimum Gasteiger partial charge on any atom is -0.420 e. The Kier molecular flexibility index (Phi) is 7.99. The van der Waals surface area contributed by atoms with Gasteiger partial charge in [-0.15, -0.1) is 8.78 Å². The van der Waals surface area contributed by atoms with Gasteiger partial charge in [0.15, 0.2) is 0 Å². The average Bonchev–Trinajstić information content (AvgIpc) is 2.82. The van der Waals surface area contributed by atoms with Crippen LogP contribution < -0.4 is 15.0 Å². The Balaban J connectivity index is 1.92. The first-order valence-corrected chi connectivity index (χ1v) is 10.7. The summed E-state index contributed by atoms with van der Waals surface area (Å²) in [7, 11) is 0. The Bertz CT molecular complexity index is 1190. The number of likely N-dealkylation sites (N-methyl/N-ethyl adjacent to an activating group) is 1. The summed E-state index contributed by atoms with van der Waals surface area (Å²) in [5.41, 5.74) is -1.48. The van der Waals surface area contributed by atoms with Crippen LogP contribution in [0, 0.1) is 11.3 Å². The Morgan fingerprint density at radius 1 is 1.26 bits per heavy atom. The van der Waals surface area contributed by atoms with Gasteiger partial charge in [0.1, 0.15) is 11.6 Å². The van der Waals surface area contributed by atoms with Gasteiger partial charge in [-0.25, -0.2) is 4.98 Å². The van der Waals surface area contributed by atoms with Crippen LogP contribution in [-0.4, -0.2) is 41.3 Å². The molecule has 0 saturated carbocycles. The van der Waals surface area contributed by atoms with Crippen LogP contribution in [-0.2, 0) is 0 Å². The molecule has 3 rings (SSSR count). The second-order valence-electron chi connectivity index (χ2n) is 7.12. The topological polar surface area (TPSA) is 98.5 Å². The molecule has 0 bridgehead atoms. The summed E-state index contributed by atoms with van der Waals surface area (Å²) in [6.45, 7) is 2.75. The summed E-state index contributed by atoms with van der Waals surface area (Å²) in [5.74, 6) is -0.0720. The Hall–Kier alpha value is -3.74. The monoisotopic (exact) mass is 486 g/mol. The summed E-state index contributed by atoms with van der Waals surface area (Å²) in [5, 5.41) is 21.4. The third-order valence-electron chi connectivity index (χ3n) is 4.83. The summed E-state index contributed by atoms with van der Waals surface area (Å²) in [6, 6.07) is 16.0. The highest BCUT2D eigenvalue weighted by Gasteiger charge is 2.27. The fourth-order valence-electron chi connectivity index (χ4n) is 3.28. The molecule has 0 radical (unpaired) electrons. The van der Waals surface area contributed by atoms with Crippen LogP contribution in [0.4, 0.5) is 20.3 Å². The zero-order valence-corrected chi connectivity index (χ0v) is 18.9. The lowest BCUT2D eigenvalue weighted by atomic mass is 10.0. The van der Waals surface area contributed by atoms with Crippen LogP contribution in [0.25, 0.3) is 11.1 Å². The normalized spacial score (nSPS) is 10.9. The summed E-state index contributed by atoms with van der Waals surface area (Å²) < 4.78 is 29.8. The van der Waals surface area contributed by atoms with E-state index in [1.165, 1.54) is 30.5 Å². The fraction of sp³-hybridized carbons (Fsp3) is 0.208. The smallest absolute Gasteiger partial charge is 0.420 e. The second-order valence-corrected chi connectivity index (χ2v) is 7.56. The highest BCUT2D eigenvalue weighted by Crippen LogP contribution is 2.31. The molecule has 3 aromatic rings. The number of nitrogens with one attached hydrogen (secondary N) is 1. The number of hydrogen-bond acceptors (Lipinski definition) is 6. The van der Waals surface area contributed by atoms with Crippen molar-refractivity contribution in [3.63, 3.8) is 0 Å². The van der Waals surface area contributed by atoms with Crippen molar-refractivity contribution in [2.24, 2.45) is 0 Å². The number of benzene rings is 2. The lowest BCUT2D eigenvalue weighted by Crippen LogP contribution is -2.28. The number of alkyl halides is 3. The van der Waals surface area contributed by atoms with E-state index in [4.69, 9.17) is 11.6 Å². The maximum Gasteiger partial charge on any atom is 0.487 e. The van der Waals surface area contributed by atoms with Gasteiger partial charge < -0.3 is 20.1 Å². The first kappa shape index (κ1) is 24.9. The molecule has 0 fully saturated rings. The van der Waals surface area contributed by atoms with E-state index in [0.29, 0.717) is 41.3 Å². The molecule has 0 saturated heterocycles. The molecule has 176 valence electrons. The molecule has 0 aliphatic rings. The fourth-order valence-corrected chi connectivity index (χ4v) is 3.37. The van der Waals surface area contributed by atoms with Crippen molar-refractivity contribution in [1.82, 2.24) is 4.98 Å². The van der Waals surface area contributed by atoms with Gasteiger partial charge in [-0.05, 0) is 55.0 Å². The molecule has 0 unspecified atom stereocenters. The number of ether oxygens (including phenoxy) is 1. The van der Waals surface area contributed by atoms with Gasteiger partial charge in [-0.1, -0.05) is 12.1 Å². The molecular formula is C24H21ClF2N4O3. The predicted molar refractivity (Wildman–Crippen MR) is 125 cm³/mol. The van der Waals surface area contributed by atoms with E-state index in [2.05, 4.69) is 21.1 Å². The minimum absolute atomic E-state index is 0.0786. The van der Waals surface area contributed by atoms with Gasteiger partial charge in [-0.2, -0.15) is 5.26 Å². The maximum atomic E-state index is 12.9. The zero-order chi connectivity index (χ0) is 24.7. The van der Waals surface area contributed by atoms with E-state index in [-0.39, 0.29) is 17.9 Å². The first-order valence-electron chi connectivity index (χ1n) is 10.3. The molecule has 1 amide bonds. The van der Waals surface area contributed by atoms with Crippen molar-refractivity contribution in [2.45, 2.75) is 12.5 Å². The molecule has 0 aliphatic heterocycles. The highest BCUT2D eigenvalue weighted by atomic mass is 35.5. The molecule has 2 aromatic carbocycles. The van der Waals surface area contributed by atoms with E-state index < -0.39 is 11.5 Å². The molecule has 0 atom stereocenters. The molecule has 2 N–H and O–H groups in total. The van der Waals surface area contributed by atoms with E-state index >= 15 is 0 Å². The van der Waals surface area contributed by atoms with Gasteiger partial charge in [0, 0.05) is 42.1 Å². The molecular weight excluding hydrogens is 466 g/mol. The number of aromatic nitrogens is 1. The van der Waals surface area contributed by atoms with Crippen molar-refractivity contribution in [1.29, 1.82) is 5.26 Å². The number of hydrogen-bond donors (Lipinski definition) is 2. The van der Waals surface area contributed by atoms with Crippen LogP contribution >= 0.6 is 11.6 Å². The lowest BCUT2D eigenvalue weighted by Gasteiger charge is -2.24. The van der Waals surface area contributed by atoms with Gasteiger partial charge >= 0.3 is 5.57 Å². The van der Waals surface area contributed by atoms with Crippen molar-refractivity contribution in [3.05, 3.63) is 71.9 Å². The van der Waals surface area contributed by atoms with Crippen LogP contribution in [0.15, 0.2) is 60.8 Å². The summed E-state index contributed by atoms with van der Waals surface area (Å²) >= 11 is 4.75. The van der Waals surface area contributed by atoms with Crippen molar-refractivity contribution in [2.75, 3.05) is 29.9 Å². The number of anilines is 2. The van der Waals surface area contributed by atoms with Crippen LogP contribution in [0.1, 0.15) is 22.8 Å². The van der Waals surface area contributed by atoms with Gasteiger partial charge in [0.25, 0.3) is 5.91 Å². The third kappa shape index (κ3) is 6.41. The van der Waals surface area contributed by atoms with Crippen molar-refractivity contribution >= 4 is 29.0 Å². The Morgan fingerprint density at radius 2 is 2.00 bits per heavy atom. The lowest BCUT2D eigenvalue weighted by molar-refractivity contribution is -0.0964. The molecule has 0 aliphatic carbocycles. The van der Waals surface area contributed by atoms with Crippen molar-refractivity contribution < 1.29 is 23.4 Å². The third-order valence-corrected chi connectivity index (χ3v) is 4.91. The highest BCUT2D eigenvalue weighted by molar-refractivity contribution is 6.20. The predicted octanol–water partition coefficient (Wildman–Crippen LogP) is 4.86. The van der Waals surface area contributed by atoms with Crippen LogP contribution in [0.2, 0.25) is 0 Å². The van der Waals surface area contributed by atoms with Crippen LogP contribution in [0.3, 0.4) is 0 Å². The van der Waals surface area contributed by atoms with Gasteiger partial charge in [-0.3, -0.25) is 4.79 Å². The van der Waals surface area contributed by atoms with E-state index in [1.54, 1.807) is 30.3 Å². The summed E-state index contributed by atoms with van der Waals surface area (Å²) in [6.07, 6.45) is 1.41.